The lowest BCUT2D eigenvalue weighted by Crippen LogP contribution is -2.24. The van der Waals surface area contributed by atoms with Crippen LogP contribution in [0.4, 0.5) is 11.5 Å². The van der Waals surface area contributed by atoms with Gasteiger partial charge in [0.05, 0.1) is 11.4 Å². The van der Waals surface area contributed by atoms with Crippen LogP contribution in [0.2, 0.25) is 0 Å². The molecule has 1 saturated heterocycles. The molecule has 90 valence electrons. The molecule has 0 radical (unpaired) electrons. The molecule has 0 aliphatic carbocycles. The number of nitrogen functional groups attached to an aromatic ring is 1. The molecule has 0 saturated carbocycles. The highest BCUT2D eigenvalue weighted by Crippen LogP contribution is 2.30. The van der Waals surface area contributed by atoms with E-state index in [9.17, 15) is 0 Å². The number of aromatic nitrogens is 2. The molecule has 0 amide bonds. The van der Waals surface area contributed by atoms with Crippen molar-refractivity contribution in [2.75, 3.05) is 30.3 Å². The summed E-state index contributed by atoms with van der Waals surface area (Å²) < 4.78 is 1.95. The first kappa shape index (κ1) is 11.3. The molecule has 1 unspecified atom stereocenters. The Kier molecular flexibility index (Phi) is 3.05. The third kappa shape index (κ3) is 1.75. The van der Waals surface area contributed by atoms with Crippen LogP contribution in [0.15, 0.2) is 0 Å². The zero-order chi connectivity index (χ0) is 11.7. The molecule has 1 aliphatic rings. The molecule has 1 fully saturated rings. The maximum absolute atomic E-state index is 9.15. The van der Waals surface area contributed by atoms with Gasteiger partial charge >= 0.3 is 0 Å². The van der Waals surface area contributed by atoms with E-state index < -0.39 is 0 Å². The van der Waals surface area contributed by atoms with E-state index in [1.807, 2.05) is 11.6 Å². The number of hydrogen-bond acceptors (Lipinski definition) is 4. The van der Waals surface area contributed by atoms with E-state index in [-0.39, 0.29) is 6.61 Å². The lowest BCUT2D eigenvalue weighted by atomic mass is 10.1. The quantitative estimate of drug-likeness (QED) is 0.789. The minimum absolute atomic E-state index is 0.260. The lowest BCUT2D eigenvalue weighted by Gasteiger charge is -2.20. The van der Waals surface area contributed by atoms with Gasteiger partial charge in [-0.05, 0) is 20.3 Å². The van der Waals surface area contributed by atoms with Gasteiger partial charge in [-0.15, -0.1) is 0 Å². The van der Waals surface area contributed by atoms with Gasteiger partial charge in [-0.25, -0.2) is 4.68 Å². The van der Waals surface area contributed by atoms with E-state index >= 15 is 0 Å². The van der Waals surface area contributed by atoms with Crippen molar-refractivity contribution < 1.29 is 5.11 Å². The van der Waals surface area contributed by atoms with E-state index in [0.29, 0.717) is 5.92 Å². The average Bonchev–Trinajstić information content (AvgIpc) is 2.85. The minimum Gasteiger partial charge on any atom is -0.396 e. The molecule has 0 bridgehead atoms. The Labute approximate surface area is 95.8 Å². The SMILES string of the molecule is CCn1nc(C)c(N)c1N1CCC(CO)C1. The highest BCUT2D eigenvalue weighted by Gasteiger charge is 2.26. The molecule has 5 heteroatoms. The minimum atomic E-state index is 0.260. The third-order valence-corrected chi connectivity index (χ3v) is 3.29. The summed E-state index contributed by atoms with van der Waals surface area (Å²) in [6.07, 6.45) is 1.03. The van der Waals surface area contributed by atoms with Crippen molar-refractivity contribution in [2.24, 2.45) is 5.92 Å². The maximum Gasteiger partial charge on any atom is 0.150 e. The van der Waals surface area contributed by atoms with Gasteiger partial charge < -0.3 is 15.7 Å². The Hall–Kier alpha value is -1.23. The second kappa shape index (κ2) is 4.33. The van der Waals surface area contributed by atoms with Crippen LogP contribution in [0.1, 0.15) is 19.0 Å². The number of aryl methyl sites for hydroxylation is 2. The Morgan fingerprint density at radius 2 is 2.31 bits per heavy atom. The fraction of sp³-hybridized carbons (Fsp3) is 0.727. The number of hydrogen-bond donors (Lipinski definition) is 2. The molecule has 3 N–H and O–H groups in total. The highest BCUT2D eigenvalue weighted by molar-refractivity contribution is 5.66. The largest absolute Gasteiger partial charge is 0.396 e. The average molecular weight is 224 g/mol. The molecule has 1 atom stereocenters. The first-order chi connectivity index (χ1) is 7.67. The van der Waals surface area contributed by atoms with E-state index in [4.69, 9.17) is 10.8 Å². The molecular weight excluding hydrogens is 204 g/mol. The van der Waals surface area contributed by atoms with Crippen molar-refractivity contribution in [1.29, 1.82) is 0 Å². The van der Waals surface area contributed by atoms with E-state index in [0.717, 1.165) is 43.3 Å². The molecule has 16 heavy (non-hydrogen) atoms. The van der Waals surface area contributed by atoms with Gasteiger partial charge in [0, 0.05) is 32.2 Å². The van der Waals surface area contributed by atoms with Crippen molar-refractivity contribution in [2.45, 2.75) is 26.8 Å². The fourth-order valence-corrected chi connectivity index (χ4v) is 2.31. The predicted molar refractivity (Wildman–Crippen MR) is 64.5 cm³/mol. The van der Waals surface area contributed by atoms with Crippen molar-refractivity contribution in [3.63, 3.8) is 0 Å². The Bertz CT molecular complexity index is 374. The van der Waals surface area contributed by atoms with Crippen molar-refractivity contribution >= 4 is 11.5 Å². The van der Waals surface area contributed by atoms with Gasteiger partial charge in [-0.3, -0.25) is 0 Å². The van der Waals surface area contributed by atoms with Gasteiger partial charge in [0.25, 0.3) is 0 Å². The molecule has 2 heterocycles. The van der Waals surface area contributed by atoms with Crippen LogP contribution in [0, 0.1) is 12.8 Å². The molecule has 1 aliphatic heterocycles. The number of aliphatic hydroxyl groups excluding tert-OH is 1. The van der Waals surface area contributed by atoms with Crippen LogP contribution in [0.5, 0.6) is 0 Å². The first-order valence-corrected chi connectivity index (χ1v) is 5.86. The van der Waals surface area contributed by atoms with E-state index in [1.54, 1.807) is 0 Å². The van der Waals surface area contributed by atoms with Crippen LogP contribution < -0.4 is 10.6 Å². The number of anilines is 2. The van der Waals surface area contributed by atoms with Crippen molar-refractivity contribution in [3.8, 4) is 0 Å². The lowest BCUT2D eigenvalue weighted by molar-refractivity contribution is 0.238. The normalized spacial score (nSPS) is 20.7. The smallest absolute Gasteiger partial charge is 0.150 e. The fourth-order valence-electron chi connectivity index (χ4n) is 2.31. The summed E-state index contributed by atoms with van der Waals surface area (Å²) in [5.41, 5.74) is 7.73. The zero-order valence-corrected chi connectivity index (χ0v) is 9.98. The second-order valence-electron chi connectivity index (χ2n) is 4.42. The standard InChI is InChI=1S/C11H20N4O/c1-3-15-11(10(12)8(2)13-15)14-5-4-9(6-14)7-16/h9,16H,3-7,12H2,1-2H3. The van der Waals surface area contributed by atoms with Crippen molar-refractivity contribution in [3.05, 3.63) is 5.69 Å². The van der Waals surface area contributed by atoms with Crippen LogP contribution in [0.3, 0.4) is 0 Å². The van der Waals surface area contributed by atoms with Crippen LogP contribution in [-0.4, -0.2) is 34.6 Å². The number of nitrogens with zero attached hydrogens (tertiary/aromatic N) is 3. The summed E-state index contributed by atoms with van der Waals surface area (Å²) in [7, 11) is 0. The summed E-state index contributed by atoms with van der Waals surface area (Å²) in [5, 5.41) is 13.6. The zero-order valence-electron chi connectivity index (χ0n) is 9.98. The third-order valence-electron chi connectivity index (χ3n) is 3.29. The summed E-state index contributed by atoms with van der Waals surface area (Å²) in [4.78, 5) is 2.24. The molecular formula is C11H20N4O. The van der Waals surface area contributed by atoms with Gasteiger partial charge in [-0.1, -0.05) is 0 Å². The summed E-state index contributed by atoms with van der Waals surface area (Å²) in [6, 6.07) is 0. The second-order valence-corrected chi connectivity index (χ2v) is 4.42. The Balaban J connectivity index is 2.26. The van der Waals surface area contributed by atoms with Gasteiger partial charge in [0.15, 0.2) is 5.82 Å². The van der Waals surface area contributed by atoms with Gasteiger partial charge in [-0.2, -0.15) is 5.10 Å². The monoisotopic (exact) mass is 224 g/mol. The molecule has 5 nitrogen and oxygen atoms in total. The Morgan fingerprint density at radius 3 is 2.88 bits per heavy atom. The van der Waals surface area contributed by atoms with Crippen LogP contribution in [-0.2, 0) is 6.54 Å². The van der Waals surface area contributed by atoms with Gasteiger partial charge in [0.1, 0.15) is 0 Å². The maximum atomic E-state index is 9.15. The highest BCUT2D eigenvalue weighted by atomic mass is 16.3. The number of rotatable bonds is 3. The Morgan fingerprint density at radius 1 is 1.56 bits per heavy atom. The van der Waals surface area contributed by atoms with Crippen LogP contribution >= 0.6 is 0 Å². The van der Waals surface area contributed by atoms with Crippen LogP contribution in [0.25, 0.3) is 0 Å². The summed E-state index contributed by atoms with van der Waals surface area (Å²) in [5.74, 6) is 1.40. The van der Waals surface area contributed by atoms with Gasteiger partial charge in [0.2, 0.25) is 0 Å². The molecule has 0 aromatic carbocycles. The topological polar surface area (TPSA) is 67.3 Å². The molecule has 1 aromatic rings. The van der Waals surface area contributed by atoms with E-state index in [2.05, 4.69) is 16.9 Å². The van der Waals surface area contributed by atoms with E-state index in [1.165, 1.54) is 0 Å². The molecule has 0 spiro atoms. The predicted octanol–water partition coefficient (Wildman–Crippen LogP) is 0.612. The van der Waals surface area contributed by atoms with Crippen molar-refractivity contribution in [1.82, 2.24) is 9.78 Å². The summed E-state index contributed by atoms with van der Waals surface area (Å²) >= 11 is 0. The molecule has 2 rings (SSSR count). The number of aliphatic hydroxyl groups is 1. The first-order valence-electron chi connectivity index (χ1n) is 5.86. The summed E-state index contributed by atoms with van der Waals surface area (Å²) in [6.45, 7) is 6.93. The number of nitrogens with two attached hydrogens (primary N) is 1. The molecule has 1 aromatic heterocycles.